The predicted molar refractivity (Wildman–Crippen MR) is 91.1 cm³/mol. The summed E-state index contributed by atoms with van der Waals surface area (Å²) < 4.78 is 11.3. The van der Waals surface area contributed by atoms with Crippen LogP contribution in [0.2, 0.25) is 0 Å². The summed E-state index contributed by atoms with van der Waals surface area (Å²) in [7, 11) is 0. The molecule has 0 unspecified atom stereocenters. The lowest BCUT2D eigenvalue weighted by Gasteiger charge is -2.36. The maximum absolute atomic E-state index is 12.7. The number of amides is 1. The highest BCUT2D eigenvalue weighted by molar-refractivity contribution is 5.78. The van der Waals surface area contributed by atoms with Crippen LogP contribution in [0.5, 0.6) is 5.75 Å². The maximum Gasteiger partial charge on any atom is 0.260 e. The van der Waals surface area contributed by atoms with E-state index in [1.807, 2.05) is 36.9 Å². The molecule has 1 aromatic rings. The Balaban J connectivity index is 1.62. The summed E-state index contributed by atoms with van der Waals surface area (Å²) in [6.07, 6.45) is 2.18. The minimum Gasteiger partial charge on any atom is -0.483 e. The fraction of sp³-hybridized carbons (Fsp3) is 0.632. The number of aliphatic hydroxyl groups excluding tert-OH is 1. The van der Waals surface area contributed by atoms with Crippen LogP contribution >= 0.6 is 0 Å². The molecule has 5 nitrogen and oxygen atoms in total. The zero-order chi connectivity index (χ0) is 17.1. The molecular formula is C19H27NO4. The molecule has 5 heteroatoms. The molecule has 1 amide bonds. The number of carbonyl (C=O) groups excluding carboxylic acids is 1. The van der Waals surface area contributed by atoms with Gasteiger partial charge >= 0.3 is 0 Å². The molecule has 0 bridgehead atoms. The number of benzene rings is 1. The Bertz CT molecular complexity index is 589. The average molecular weight is 333 g/mol. The fourth-order valence-corrected chi connectivity index (χ4v) is 3.75. The minimum atomic E-state index is -0.378. The zero-order valence-electron chi connectivity index (χ0n) is 14.5. The molecule has 0 aromatic heterocycles. The second kappa shape index (κ2) is 7.53. The van der Waals surface area contributed by atoms with E-state index in [0.29, 0.717) is 19.6 Å². The number of likely N-dealkylation sites (tertiary alicyclic amines) is 1. The smallest absolute Gasteiger partial charge is 0.260 e. The molecule has 2 fully saturated rings. The van der Waals surface area contributed by atoms with Gasteiger partial charge in [-0.25, -0.2) is 0 Å². The standard InChI is InChI=1S/C19H27NO4/c1-13-5-6-14(2)18(10-13)24-12-19(22)20-8-3-4-16(20)15-11-23-9-7-17(15)21/h5-6,10,15-17,21H,3-4,7-9,11-12H2,1-2H3/t15-,16-,17-/m1/s1. The first kappa shape index (κ1) is 17.2. The number of aryl methyl sites for hydroxylation is 2. The molecule has 0 saturated carbocycles. The highest BCUT2D eigenvalue weighted by Gasteiger charge is 2.39. The van der Waals surface area contributed by atoms with Crippen LogP contribution in [0.1, 0.15) is 30.4 Å². The van der Waals surface area contributed by atoms with Gasteiger partial charge in [-0.2, -0.15) is 0 Å². The third kappa shape index (κ3) is 3.73. The van der Waals surface area contributed by atoms with Crippen LogP contribution in [0.4, 0.5) is 0 Å². The van der Waals surface area contributed by atoms with E-state index < -0.39 is 0 Å². The normalized spacial score (nSPS) is 27.3. The van der Waals surface area contributed by atoms with Gasteiger partial charge in [0.05, 0.1) is 12.7 Å². The van der Waals surface area contributed by atoms with Crippen molar-refractivity contribution in [1.82, 2.24) is 4.90 Å². The molecule has 0 aliphatic carbocycles. The maximum atomic E-state index is 12.7. The van der Waals surface area contributed by atoms with Crippen LogP contribution in [-0.4, -0.2) is 54.4 Å². The fourth-order valence-electron chi connectivity index (χ4n) is 3.75. The van der Waals surface area contributed by atoms with Crippen LogP contribution in [0.25, 0.3) is 0 Å². The van der Waals surface area contributed by atoms with Crippen LogP contribution in [-0.2, 0) is 9.53 Å². The van der Waals surface area contributed by atoms with E-state index in [-0.39, 0.29) is 30.6 Å². The second-order valence-electron chi connectivity index (χ2n) is 6.95. The van der Waals surface area contributed by atoms with E-state index in [1.165, 1.54) is 0 Å². The van der Waals surface area contributed by atoms with Gasteiger partial charge in [0.1, 0.15) is 5.75 Å². The summed E-state index contributed by atoms with van der Waals surface area (Å²) >= 11 is 0. The van der Waals surface area contributed by atoms with Gasteiger partial charge in [0.15, 0.2) is 6.61 Å². The van der Waals surface area contributed by atoms with Crippen molar-refractivity contribution in [2.75, 3.05) is 26.4 Å². The number of aliphatic hydroxyl groups is 1. The van der Waals surface area contributed by atoms with Crippen LogP contribution in [0.3, 0.4) is 0 Å². The molecule has 1 aromatic carbocycles. The molecule has 0 radical (unpaired) electrons. The van der Waals surface area contributed by atoms with E-state index in [4.69, 9.17) is 9.47 Å². The zero-order valence-corrected chi connectivity index (χ0v) is 14.5. The first-order valence-corrected chi connectivity index (χ1v) is 8.81. The highest BCUT2D eigenvalue weighted by Crippen LogP contribution is 2.30. The molecule has 3 rings (SSSR count). The third-order valence-corrected chi connectivity index (χ3v) is 5.17. The quantitative estimate of drug-likeness (QED) is 0.916. The Morgan fingerprint density at radius 3 is 3.00 bits per heavy atom. The SMILES string of the molecule is Cc1ccc(C)c(OCC(=O)N2CCC[C@@H]2[C@H]2COCC[C@H]2O)c1. The minimum absolute atomic E-state index is 0.00354. The largest absolute Gasteiger partial charge is 0.483 e. The lowest BCUT2D eigenvalue weighted by molar-refractivity contribution is -0.138. The Kier molecular flexibility index (Phi) is 5.41. The predicted octanol–water partition coefficient (Wildman–Crippen LogP) is 2.07. The van der Waals surface area contributed by atoms with E-state index in [1.54, 1.807) is 0 Å². The summed E-state index contributed by atoms with van der Waals surface area (Å²) in [5, 5.41) is 10.3. The Morgan fingerprint density at radius 2 is 2.21 bits per heavy atom. The van der Waals surface area contributed by atoms with Crippen molar-refractivity contribution in [2.45, 2.75) is 45.3 Å². The van der Waals surface area contributed by atoms with Gasteiger partial charge in [0, 0.05) is 25.1 Å². The molecule has 2 heterocycles. The van der Waals surface area contributed by atoms with Crippen molar-refractivity contribution in [2.24, 2.45) is 5.92 Å². The molecular weight excluding hydrogens is 306 g/mol. The molecule has 2 aliphatic heterocycles. The van der Waals surface area contributed by atoms with Gasteiger partial charge in [-0.05, 0) is 50.3 Å². The van der Waals surface area contributed by atoms with E-state index in [2.05, 4.69) is 0 Å². The van der Waals surface area contributed by atoms with Gasteiger partial charge in [-0.15, -0.1) is 0 Å². The van der Waals surface area contributed by atoms with Crippen LogP contribution in [0, 0.1) is 19.8 Å². The second-order valence-corrected chi connectivity index (χ2v) is 6.95. The first-order chi connectivity index (χ1) is 11.6. The highest BCUT2D eigenvalue weighted by atomic mass is 16.5. The van der Waals surface area contributed by atoms with Crippen molar-refractivity contribution >= 4 is 5.91 Å². The number of hydrogen-bond donors (Lipinski definition) is 1. The third-order valence-electron chi connectivity index (χ3n) is 5.17. The number of ether oxygens (including phenoxy) is 2. The van der Waals surface area contributed by atoms with Gasteiger partial charge < -0.3 is 19.5 Å². The van der Waals surface area contributed by atoms with E-state index >= 15 is 0 Å². The molecule has 2 saturated heterocycles. The molecule has 24 heavy (non-hydrogen) atoms. The molecule has 132 valence electrons. The van der Waals surface area contributed by atoms with E-state index in [0.717, 1.165) is 36.3 Å². The Labute approximate surface area is 143 Å². The molecule has 0 spiro atoms. The summed E-state index contributed by atoms with van der Waals surface area (Å²) in [6, 6.07) is 6.06. The van der Waals surface area contributed by atoms with Gasteiger partial charge in [-0.3, -0.25) is 4.79 Å². The summed E-state index contributed by atoms with van der Waals surface area (Å²) in [6.45, 7) is 5.91. The Morgan fingerprint density at radius 1 is 1.38 bits per heavy atom. The average Bonchev–Trinajstić information content (AvgIpc) is 3.05. The van der Waals surface area contributed by atoms with E-state index in [9.17, 15) is 9.90 Å². The first-order valence-electron chi connectivity index (χ1n) is 8.81. The topological polar surface area (TPSA) is 59.0 Å². The lowest BCUT2D eigenvalue weighted by Crippen LogP contribution is -2.49. The molecule has 3 atom stereocenters. The molecule has 1 N–H and O–H groups in total. The number of nitrogens with zero attached hydrogens (tertiary/aromatic N) is 1. The van der Waals surface area contributed by atoms with Crippen LogP contribution in [0.15, 0.2) is 18.2 Å². The van der Waals surface area contributed by atoms with Crippen LogP contribution < -0.4 is 4.74 Å². The number of carbonyl (C=O) groups is 1. The summed E-state index contributed by atoms with van der Waals surface area (Å²) in [5.41, 5.74) is 2.15. The van der Waals surface area contributed by atoms with Crippen molar-refractivity contribution in [3.8, 4) is 5.75 Å². The number of rotatable bonds is 4. The number of hydrogen-bond acceptors (Lipinski definition) is 4. The summed E-state index contributed by atoms with van der Waals surface area (Å²) in [5.74, 6) is 0.780. The molecule has 2 aliphatic rings. The van der Waals surface area contributed by atoms with Crippen molar-refractivity contribution in [1.29, 1.82) is 0 Å². The van der Waals surface area contributed by atoms with Gasteiger partial charge in [0.25, 0.3) is 5.91 Å². The Hall–Kier alpha value is -1.59. The monoisotopic (exact) mass is 333 g/mol. The van der Waals surface area contributed by atoms with Gasteiger partial charge in [-0.1, -0.05) is 12.1 Å². The lowest BCUT2D eigenvalue weighted by atomic mass is 9.89. The summed E-state index contributed by atoms with van der Waals surface area (Å²) in [4.78, 5) is 14.5. The van der Waals surface area contributed by atoms with Crippen molar-refractivity contribution < 1.29 is 19.4 Å². The van der Waals surface area contributed by atoms with Gasteiger partial charge in [0.2, 0.25) is 0 Å². The van der Waals surface area contributed by atoms with Crippen molar-refractivity contribution in [3.63, 3.8) is 0 Å². The van der Waals surface area contributed by atoms with Crippen molar-refractivity contribution in [3.05, 3.63) is 29.3 Å².